The van der Waals surface area contributed by atoms with Gasteiger partial charge in [0.25, 0.3) is 0 Å². The summed E-state index contributed by atoms with van der Waals surface area (Å²) in [5.74, 6) is 1.04. The predicted molar refractivity (Wildman–Crippen MR) is 40.1 cm³/mol. The second kappa shape index (κ2) is 2.69. The maximum atomic E-state index is 4.86. The Bertz CT molecular complexity index is 353. The van der Waals surface area contributed by atoms with Gasteiger partial charge in [-0.15, -0.1) is 20.4 Å². The molecule has 0 aliphatic carbocycles. The van der Waals surface area contributed by atoms with Crippen LogP contribution in [0, 0.1) is 6.92 Å². The molecular weight excluding hydrogens is 156 g/mol. The Labute approximate surface area is 68.5 Å². The molecule has 0 fully saturated rings. The second-order valence-corrected chi connectivity index (χ2v) is 2.28. The van der Waals surface area contributed by atoms with Crippen molar-refractivity contribution in [1.82, 2.24) is 20.4 Å². The highest BCUT2D eigenvalue weighted by Gasteiger charge is 2.02. The summed E-state index contributed by atoms with van der Waals surface area (Å²) in [4.78, 5) is 0. The van der Waals surface area contributed by atoms with E-state index in [1.165, 1.54) is 0 Å². The number of hydrogen-bond acceptors (Lipinski definition) is 5. The summed E-state index contributed by atoms with van der Waals surface area (Å²) in [5.41, 5.74) is 0.787. The van der Waals surface area contributed by atoms with Gasteiger partial charge in [-0.25, -0.2) is 0 Å². The smallest absolute Gasteiger partial charge is 0.206 e. The lowest BCUT2D eigenvalue weighted by Crippen LogP contribution is -1.97. The van der Waals surface area contributed by atoms with E-state index in [1.807, 2.05) is 0 Å². The molecule has 0 saturated heterocycles. The van der Waals surface area contributed by atoms with Crippen LogP contribution in [0.25, 0.3) is 11.4 Å². The third kappa shape index (κ3) is 1.16. The van der Waals surface area contributed by atoms with Gasteiger partial charge < -0.3 is 4.42 Å². The number of rotatable bonds is 1. The van der Waals surface area contributed by atoms with Gasteiger partial charge in [-0.05, 0) is 13.0 Å². The van der Waals surface area contributed by atoms with Gasteiger partial charge in [0.2, 0.25) is 5.82 Å². The van der Waals surface area contributed by atoms with Gasteiger partial charge in [0.1, 0.15) is 6.26 Å². The maximum Gasteiger partial charge on any atom is 0.206 e. The molecule has 0 saturated carbocycles. The van der Waals surface area contributed by atoms with Crippen molar-refractivity contribution in [2.24, 2.45) is 0 Å². The largest absolute Gasteiger partial charge is 0.472 e. The Morgan fingerprint density at radius 1 is 1.17 bits per heavy atom. The molecule has 0 amide bonds. The molecule has 0 atom stereocenters. The van der Waals surface area contributed by atoms with Crippen molar-refractivity contribution < 1.29 is 4.42 Å². The van der Waals surface area contributed by atoms with Crippen LogP contribution in [0.2, 0.25) is 0 Å². The molecule has 60 valence electrons. The monoisotopic (exact) mass is 162 g/mol. The maximum absolute atomic E-state index is 4.86. The first-order valence-corrected chi connectivity index (χ1v) is 3.43. The fourth-order valence-electron chi connectivity index (χ4n) is 0.787. The van der Waals surface area contributed by atoms with Crippen molar-refractivity contribution in [1.29, 1.82) is 0 Å². The van der Waals surface area contributed by atoms with Crippen LogP contribution in [0.3, 0.4) is 0 Å². The molecule has 0 aromatic carbocycles. The van der Waals surface area contributed by atoms with Crippen molar-refractivity contribution >= 4 is 0 Å². The number of hydrogen-bond donors (Lipinski definition) is 0. The van der Waals surface area contributed by atoms with Crippen molar-refractivity contribution in [3.63, 3.8) is 0 Å². The van der Waals surface area contributed by atoms with Crippen molar-refractivity contribution in [2.45, 2.75) is 6.92 Å². The topological polar surface area (TPSA) is 64.7 Å². The Morgan fingerprint density at radius 3 is 2.50 bits per heavy atom. The lowest BCUT2D eigenvalue weighted by atomic mass is 10.3. The fraction of sp³-hybridized carbons (Fsp3) is 0.143. The average Bonchev–Trinajstić information content (AvgIpc) is 2.58. The lowest BCUT2D eigenvalue weighted by Gasteiger charge is -1.91. The Morgan fingerprint density at radius 2 is 1.92 bits per heavy atom. The first-order valence-electron chi connectivity index (χ1n) is 3.43. The normalized spacial score (nSPS) is 10.1. The molecule has 0 N–H and O–H groups in total. The summed E-state index contributed by atoms with van der Waals surface area (Å²) in [6, 6.07) is 1.76. The molecule has 2 heterocycles. The molecule has 12 heavy (non-hydrogen) atoms. The van der Waals surface area contributed by atoms with Crippen LogP contribution < -0.4 is 0 Å². The van der Waals surface area contributed by atoms with E-state index in [2.05, 4.69) is 20.4 Å². The van der Waals surface area contributed by atoms with E-state index in [4.69, 9.17) is 4.42 Å². The van der Waals surface area contributed by atoms with Crippen molar-refractivity contribution in [3.05, 3.63) is 24.4 Å². The van der Waals surface area contributed by atoms with E-state index in [1.54, 1.807) is 25.5 Å². The minimum Gasteiger partial charge on any atom is -0.472 e. The van der Waals surface area contributed by atoms with Gasteiger partial charge in [-0.3, -0.25) is 0 Å². The van der Waals surface area contributed by atoms with Crippen LogP contribution in [-0.2, 0) is 0 Å². The molecule has 5 nitrogen and oxygen atoms in total. The van der Waals surface area contributed by atoms with Crippen molar-refractivity contribution in [2.75, 3.05) is 0 Å². The van der Waals surface area contributed by atoms with Crippen molar-refractivity contribution in [3.8, 4) is 11.4 Å². The molecule has 2 aromatic rings. The molecule has 2 rings (SSSR count). The summed E-state index contributed by atoms with van der Waals surface area (Å²) in [7, 11) is 0. The minimum atomic E-state index is 0.481. The van der Waals surface area contributed by atoms with Gasteiger partial charge in [0.15, 0.2) is 5.82 Å². The second-order valence-electron chi connectivity index (χ2n) is 2.28. The molecule has 0 radical (unpaired) electrons. The number of aromatic nitrogens is 4. The standard InChI is InChI=1S/C7H6N4O/c1-5-8-10-7(11-9-5)6-2-3-12-4-6/h2-4H,1H3. The zero-order valence-electron chi connectivity index (χ0n) is 6.43. The summed E-state index contributed by atoms with van der Waals surface area (Å²) in [6.45, 7) is 1.74. The highest BCUT2D eigenvalue weighted by atomic mass is 16.3. The van der Waals surface area contributed by atoms with E-state index < -0.39 is 0 Å². The lowest BCUT2D eigenvalue weighted by molar-refractivity contribution is 0.567. The van der Waals surface area contributed by atoms with E-state index >= 15 is 0 Å². The predicted octanol–water partition coefficient (Wildman–Crippen LogP) is 0.835. The zero-order chi connectivity index (χ0) is 8.39. The molecular formula is C7H6N4O. The van der Waals surface area contributed by atoms with Gasteiger partial charge >= 0.3 is 0 Å². The third-order valence-corrected chi connectivity index (χ3v) is 1.36. The number of aryl methyl sites for hydroxylation is 1. The highest BCUT2D eigenvalue weighted by molar-refractivity contribution is 5.50. The summed E-state index contributed by atoms with van der Waals surface area (Å²) >= 11 is 0. The molecule has 5 heteroatoms. The van der Waals surface area contributed by atoms with E-state index in [-0.39, 0.29) is 0 Å². The van der Waals surface area contributed by atoms with Crippen LogP contribution >= 0.6 is 0 Å². The number of nitrogens with zero attached hydrogens (tertiary/aromatic N) is 4. The first-order chi connectivity index (χ1) is 5.86. The summed E-state index contributed by atoms with van der Waals surface area (Å²) < 4.78 is 4.86. The molecule has 0 aliphatic rings. The Kier molecular flexibility index (Phi) is 1.55. The fourth-order valence-corrected chi connectivity index (χ4v) is 0.787. The average molecular weight is 162 g/mol. The van der Waals surface area contributed by atoms with E-state index in [0.29, 0.717) is 11.6 Å². The van der Waals surface area contributed by atoms with Gasteiger partial charge in [-0.1, -0.05) is 0 Å². The van der Waals surface area contributed by atoms with Gasteiger partial charge in [0.05, 0.1) is 11.8 Å². The Hall–Kier alpha value is -1.78. The van der Waals surface area contributed by atoms with Crippen LogP contribution in [0.1, 0.15) is 5.82 Å². The Balaban J connectivity index is 2.43. The van der Waals surface area contributed by atoms with Crippen LogP contribution in [0.4, 0.5) is 0 Å². The molecule has 0 unspecified atom stereocenters. The SMILES string of the molecule is Cc1nnc(-c2ccoc2)nn1. The zero-order valence-corrected chi connectivity index (χ0v) is 6.43. The highest BCUT2D eigenvalue weighted by Crippen LogP contribution is 2.11. The molecule has 0 aliphatic heterocycles. The third-order valence-electron chi connectivity index (χ3n) is 1.36. The molecule has 0 bridgehead atoms. The summed E-state index contributed by atoms with van der Waals surface area (Å²) in [6.07, 6.45) is 3.10. The summed E-state index contributed by atoms with van der Waals surface area (Å²) in [5, 5.41) is 15.2. The van der Waals surface area contributed by atoms with Gasteiger partial charge in [0, 0.05) is 0 Å². The van der Waals surface area contributed by atoms with E-state index in [9.17, 15) is 0 Å². The van der Waals surface area contributed by atoms with Crippen LogP contribution in [0.15, 0.2) is 23.0 Å². The van der Waals surface area contributed by atoms with Gasteiger partial charge in [-0.2, -0.15) is 0 Å². The molecule has 0 spiro atoms. The molecule has 2 aromatic heterocycles. The van der Waals surface area contributed by atoms with Crippen LogP contribution in [-0.4, -0.2) is 20.4 Å². The van der Waals surface area contributed by atoms with Crippen LogP contribution in [0.5, 0.6) is 0 Å². The first kappa shape index (κ1) is 6.90. The quantitative estimate of drug-likeness (QED) is 0.621. The number of furan rings is 1. The minimum absolute atomic E-state index is 0.481. The van der Waals surface area contributed by atoms with E-state index in [0.717, 1.165) is 5.56 Å².